The number of benzene rings is 2. The molecule has 0 aliphatic rings. The number of nitrogens with zero attached hydrogens (tertiary/aromatic N) is 1. The minimum Gasteiger partial charge on any atom is -0.481 e. The fraction of sp³-hybridized carbons (Fsp3) is 0.300. The van der Waals surface area contributed by atoms with Crippen LogP contribution in [0, 0.1) is 0 Å². The number of carboxylic acid groups (broad SMARTS) is 1. The normalized spacial score (nSPS) is 10.1. The van der Waals surface area contributed by atoms with Gasteiger partial charge in [0.2, 0.25) is 5.91 Å². The van der Waals surface area contributed by atoms with Gasteiger partial charge >= 0.3 is 0 Å². The molecule has 2 aromatic rings. The number of amides is 1. The van der Waals surface area contributed by atoms with Crippen molar-refractivity contribution in [1.82, 2.24) is 10.2 Å². The van der Waals surface area contributed by atoms with Crippen molar-refractivity contribution >= 4 is 46.5 Å². The number of para-hydroxylation sites is 2. The predicted molar refractivity (Wildman–Crippen MR) is 115 cm³/mol. The Kier molecular flexibility index (Phi) is 10.4. The first kappa shape index (κ1) is 23.8. The van der Waals surface area contributed by atoms with Crippen LogP contribution in [0.2, 0.25) is 10.0 Å². The summed E-state index contributed by atoms with van der Waals surface area (Å²) in [6, 6.07) is 13.0. The number of carbonyl (C=O) groups is 2. The van der Waals surface area contributed by atoms with Gasteiger partial charge in [-0.25, -0.2) is 0 Å². The van der Waals surface area contributed by atoms with Crippen LogP contribution in [0.3, 0.4) is 0 Å². The molecule has 0 radical (unpaired) electrons. The van der Waals surface area contributed by atoms with Gasteiger partial charge in [0.1, 0.15) is 0 Å². The number of rotatable bonds is 7. The molecule has 0 atom stereocenters. The van der Waals surface area contributed by atoms with E-state index >= 15 is 0 Å². The fourth-order valence-corrected chi connectivity index (χ4v) is 2.69. The predicted octanol–water partition coefficient (Wildman–Crippen LogP) is 4.05. The summed E-state index contributed by atoms with van der Waals surface area (Å²) in [6.07, 6.45) is 0.290. The second kappa shape index (κ2) is 12.2. The van der Waals surface area contributed by atoms with Crippen molar-refractivity contribution in [3.63, 3.8) is 0 Å². The Morgan fingerprint density at radius 2 is 1.61 bits per heavy atom. The number of aliphatic carboxylic acids is 1. The molecular weight excluding hydrogens is 401 g/mol. The highest BCUT2D eigenvalue weighted by Gasteiger charge is 2.11. The Labute approximate surface area is 175 Å². The summed E-state index contributed by atoms with van der Waals surface area (Å²) in [5.74, 6) is -0.851. The van der Waals surface area contributed by atoms with Crippen LogP contribution in [0.15, 0.2) is 42.5 Å². The van der Waals surface area contributed by atoms with Crippen molar-refractivity contribution in [1.29, 1.82) is 0 Å². The van der Waals surface area contributed by atoms with Crippen molar-refractivity contribution < 1.29 is 14.7 Å². The first-order chi connectivity index (χ1) is 13.2. The molecule has 0 spiro atoms. The summed E-state index contributed by atoms with van der Waals surface area (Å²) in [4.78, 5) is 23.1. The van der Waals surface area contributed by atoms with Gasteiger partial charge < -0.3 is 20.6 Å². The van der Waals surface area contributed by atoms with Crippen molar-refractivity contribution in [3.8, 4) is 0 Å². The van der Waals surface area contributed by atoms with Crippen LogP contribution < -0.4 is 10.6 Å². The summed E-state index contributed by atoms with van der Waals surface area (Å²) in [5, 5.41) is 14.6. The molecular formula is C20H25Cl2N3O3. The van der Waals surface area contributed by atoms with Crippen LogP contribution in [0.5, 0.6) is 0 Å². The second-order valence-electron chi connectivity index (χ2n) is 6.23. The van der Waals surface area contributed by atoms with E-state index in [4.69, 9.17) is 33.1 Å². The van der Waals surface area contributed by atoms with Gasteiger partial charge in [0.25, 0.3) is 5.97 Å². The van der Waals surface area contributed by atoms with Gasteiger partial charge in [-0.05, 0) is 37.9 Å². The lowest BCUT2D eigenvalue weighted by Gasteiger charge is -2.15. The Morgan fingerprint density at radius 1 is 1.04 bits per heavy atom. The highest BCUT2D eigenvalue weighted by atomic mass is 35.5. The molecule has 6 nitrogen and oxygen atoms in total. The molecule has 0 aliphatic heterocycles. The Morgan fingerprint density at radius 3 is 2.18 bits per heavy atom. The number of hydrogen-bond acceptors (Lipinski definition) is 4. The number of halogens is 2. The summed E-state index contributed by atoms with van der Waals surface area (Å²) >= 11 is 12.4. The summed E-state index contributed by atoms with van der Waals surface area (Å²) in [5.41, 5.74) is 2.34. The lowest BCUT2D eigenvalue weighted by molar-refractivity contribution is -0.134. The number of carbonyl (C=O) groups excluding carboxylic acids is 1. The van der Waals surface area contributed by atoms with Crippen LogP contribution in [0.4, 0.5) is 11.4 Å². The zero-order chi connectivity index (χ0) is 21.1. The van der Waals surface area contributed by atoms with E-state index in [1.54, 1.807) is 18.2 Å². The molecule has 0 saturated carbocycles. The number of carboxylic acids is 1. The fourth-order valence-electron chi connectivity index (χ4n) is 2.20. The summed E-state index contributed by atoms with van der Waals surface area (Å²) in [7, 11) is 3.94. The number of likely N-dealkylation sites (N-methyl/N-ethyl adjacent to an activating group) is 1. The smallest absolute Gasteiger partial charge is 0.300 e. The van der Waals surface area contributed by atoms with Gasteiger partial charge in [-0.1, -0.05) is 47.5 Å². The average molecular weight is 426 g/mol. The molecule has 28 heavy (non-hydrogen) atoms. The summed E-state index contributed by atoms with van der Waals surface area (Å²) < 4.78 is 0. The van der Waals surface area contributed by atoms with Gasteiger partial charge in [-0.3, -0.25) is 9.59 Å². The topological polar surface area (TPSA) is 81.7 Å². The third-order valence-corrected chi connectivity index (χ3v) is 4.10. The first-order valence-electron chi connectivity index (χ1n) is 8.60. The van der Waals surface area contributed by atoms with Gasteiger partial charge in [0.05, 0.1) is 22.2 Å². The molecule has 0 aromatic heterocycles. The molecule has 1 amide bonds. The standard InChI is InChI=1S/C18H21Cl2N3O.C2H4O2/c1-23(2)11-10-21-17(24)12-13-6-3-4-9-16(13)22-18-14(19)7-5-8-15(18)20;1-2(3)4/h3-9,22H,10-12H2,1-2H3,(H,21,24);1H3,(H,3,4). The largest absolute Gasteiger partial charge is 0.481 e. The van der Waals surface area contributed by atoms with E-state index in [9.17, 15) is 4.79 Å². The molecule has 0 fully saturated rings. The van der Waals surface area contributed by atoms with E-state index in [1.807, 2.05) is 43.3 Å². The molecule has 0 aliphatic carbocycles. The van der Waals surface area contributed by atoms with Crippen LogP contribution in [0.1, 0.15) is 12.5 Å². The van der Waals surface area contributed by atoms with Crippen LogP contribution in [-0.2, 0) is 16.0 Å². The average Bonchev–Trinajstić information content (AvgIpc) is 2.59. The molecule has 8 heteroatoms. The maximum atomic E-state index is 12.1. The van der Waals surface area contributed by atoms with E-state index in [2.05, 4.69) is 10.6 Å². The van der Waals surface area contributed by atoms with Crippen LogP contribution in [0.25, 0.3) is 0 Å². The van der Waals surface area contributed by atoms with Crippen molar-refractivity contribution in [3.05, 3.63) is 58.1 Å². The Hall–Kier alpha value is -2.28. The van der Waals surface area contributed by atoms with Gasteiger partial charge in [0, 0.05) is 25.7 Å². The lowest BCUT2D eigenvalue weighted by Crippen LogP contribution is -2.32. The van der Waals surface area contributed by atoms with E-state index in [0.29, 0.717) is 28.7 Å². The molecule has 0 saturated heterocycles. The van der Waals surface area contributed by atoms with Crippen LogP contribution >= 0.6 is 23.2 Å². The third kappa shape index (κ3) is 9.08. The van der Waals surface area contributed by atoms with Crippen molar-refractivity contribution in [2.24, 2.45) is 0 Å². The zero-order valence-electron chi connectivity index (χ0n) is 16.1. The molecule has 0 bridgehead atoms. The van der Waals surface area contributed by atoms with E-state index in [-0.39, 0.29) is 5.91 Å². The maximum Gasteiger partial charge on any atom is 0.300 e. The third-order valence-electron chi connectivity index (χ3n) is 3.47. The van der Waals surface area contributed by atoms with Crippen molar-refractivity contribution in [2.75, 3.05) is 32.5 Å². The SMILES string of the molecule is CC(=O)O.CN(C)CCNC(=O)Cc1ccccc1Nc1c(Cl)cccc1Cl. The van der Waals surface area contributed by atoms with E-state index < -0.39 is 5.97 Å². The van der Waals surface area contributed by atoms with Crippen LogP contribution in [-0.4, -0.2) is 49.1 Å². The molecule has 152 valence electrons. The molecule has 2 aromatic carbocycles. The summed E-state index contributed by atoms with van der Waals surface area (Å²) in [6.45, 7) is 2.51. The second-order valence-corrected chi connectivity index (χ2v) is 7.04. The molecule has 3 N–H and O–H groups in total. The zero-order valence-corrected chi connectivity index (χ0v) is 17.6. The number of hydrogen-bond donors (Lipinski definition) is 3. The van der Waals surface area contributed by atoms with Gasteiger partial charge in [-0.15, -0.1) is 0 Å². The Bertz CT molecular complexity index is 774. The Balaban J connectivity index is 0.000000892. The molecule has 0 unspecified atom stereocenters. The van der Waals surface area contributed by atoms with E-state index in [1.165, 1.54) is 0 Å². The van der Waals surface area contributed by atoms with Gasteiger partial charge in [0.15, 0.2) is 0 Å². The van der Waals surface area contributed by atoms with Crippen molar-refractivity contribution in [2.45, 2.75) is 13.3 Å². The quantitative estimate of drug-likeness (QED) is 0.623. The number of anilines is 2. The maximum absolute atomic E-state index is 12.1. The minimum atomic E-state index is -0.833. The highest BCUT2D eigenvalue weighted by Crippen LogP contribution is 2.33. The monoisotopic (exact) mass is 425 g/mol. The molecule has 2 rings (SSSR count). The molecule has 0 heterocycles. The lowest BCUT2D eigenvalue weighted by atomic mass is 10.1. The highest BCUT2D eigenvalue weighted by molar-refractivity contribution is 6.39. The first-order valence-corrected chi connectivity index (χ1v) is 9.36. The minimum absolute atomic E-state index is 0.0173. The van der Waals surface area contributed by atoms with E-state index in [0.717, 1.165) is 24.7 Å². The number of nitrogens with one attached hydrogen (secondary N) is 2. The van der Waals surface area contributed by atoms with Gasteiger partial charge in [-0.2, -0.15) is 0 Å².